The number of nitrogens with one attached hydrogen (secondary N) is 1. The highest BCUT2D eigenvalue weighted by atomic mass is 16.8. The van der Waals surface area contributed by atoms with E-state index in [0.717, 1.165) is 0 Å². The molecule has 0 spiro atoms. The van der Waals surface area contributed by atoms with Gasteiger partial charge in [-0.1, -0.05) is 71.9 Å². The molecule has 1 unspecified atom stereocenters. The van der Waals surface area contributed by atoms with Crippen LogP contribution in [0.1, 0.15) is 102 Å². The van der Waals surface area contributed by atoms with Crippen LogP contribution in [0.4, 0.5) is 0 Å². The number of hydrogen-bond donors (Lipinski definition) is 1. The number of carbonyl (C=O) groups is 4. The Kier molecular flexibility index (Phi) is 8.41. The zero-order chi connectivity index (χ0) is 28.5. The summed E-state index contributed by atoms with van der Waals surface area (Å²) in [5.74, 6) is -2.03. The molecular formula is C30H37NO7. The van der Waals surface area contributed by atoms with Crippen LogP contribution in [0.5, 0.6) is 0 Å². The van der Waals surface area contributed by atoms with Crippen LogP contribution < -0.4 is 5.48 Å². The minimum atomic E-state index is -0.722. The van der Waals surface area contributed by atoms with E-state index in [4.69, 9.17) is 14.3 Å². The minimum Gasteiger partial charge on any atom is -0.348 e. The Labute approximate surface area is 224 Å². The van der Waals surface area contributed by atoms with Gasteiger partial charge in [-0.05, 0) is 26.0 Å². The van der Waals surface area contributed by atoms with E-state index in [1.807, 2.05) is 20.8 Å². The van der Waals surface area contributed by atoms with Gasteiger partial charge in [0.05, 0.1) is 12.2 Å². The van der Waals surface area contributed by atoms with Gasteiger partial charge in [0.2, 0.25) is 0 Å². The normalized spacial score (nSPS) is 17.2. The molecule has 38 heavy (non-hydrogen) atoms. The van der Waals surface area contributed by atoms with E-state index in [0.29, 0.717) is 17.7 Å². The van der Waals surface area contributed by atoms with E-state index in [2.05, 4.69) is 5.48 Å². The lowest BCUT2D eigenvalue weighted by Crippen LogP contribution is -2.31. The number of Topliss-reactive ketones (excluding diaryl/α,β-unsaturated/α-hetero) is 2. The summed E-state index contributed by atoms with van der Waals surface area (Å²) in [7, 11) is 0. The van der Waals surface area contributed by atoms with Crippen LogP contribution in [-0.4, -0.2) is 48.4 Å². The van der Waals surface area contributed by atoms with Crippen molar-refractivity contribution < 1.29 is 33.5 Å². The number of rotatable bonds is 8. The van der Waals surface area contributed by atoms with Gasteiger partial charge in [-0.15, -0.1) is 0 Å². The lowest BCUT2D eigenvalue weighted by molar-refractivity contribution is -0.147. The first-order valence-corrected chi connectivity index (χ1v) is 12.6. The quantitative estimate of drug-likeness (QED) is 0.375. The Morgan fingerprint density at radius 2 is 1.37 bits per heavy atom. The van der Waals surface area contributed by atoms with Crippen molar-refractivity contribution in [1.29, 1.82) is 0 Å². The van der Waals surface area contributed by atoms with Gasteiger partial charge in [0.25, 0.3) is 5.91 Å². The van der Waals surface area contributed by atoms with Gasteiger partial charge >= 0.3 is 0 Å². The first-order valence-electron chi connectivity index (χ1n) is 12.6. The summed E-state index contributed by atoms with van der Waals surface area (Å²) in [6, 6.07) is 10.7. The molecule has 1 heterocycles. The van der Waals surface area contributed by atoms with Crippen molar-refractivity contribution in [2.24, 2.45) is 10.8 Å². The highest BCUT2D eigenvalue weighted by Crippen LogP contribution is 2.26. The molecule has 3 rings (SSSR count). The first-order chi connectivity index (χ1) is 17.5. The highest BCUT2D eigenvalue weighted by molar-refractivity contribution is 6.16. The average molecular weight is 524 g/mol. The largest absolute Gasteiger partial charge is 0.348 e. The molecule has 1 N–H and O–H groups in total. The molecule has 1 amide bonds. The Hall–Kier alpha value is -3.20. The second-order valence-electron chi connectivity index (χ2n) is 12.0. The topological polar surface area (TPSA) is 108 Å². The summed E-state index contributed by atoms with van der Waals surface area (Å²) in [5, 5.41) is 0. The predicted molar refractivity (Wildman–Crippen MR) is 142 cm³/mol. The Morgan fingerprint density at radius 3 is 1.89 bits per heavy atom. The van der Waals surface area contributed by atoms with E-state index in [9.17, 15) is 19.2 Å². The first kappa shape index (κ1) is 29.4. The van der Waals surface area contributed by atoms with Crippen molar-refractivity contribution >= 4 is 23.3 Å². The molecule has 204 valence electrons. The summed E-state index contributed by atoms with van der Waals surface area (Å²) in [6.07, 6.45) is -0.354. The van der Waals surface area contributed by atoms with Gasteiger partial charge in [0.1, 0.15) is 12.7 Å². The Morgan fingerprint density at radius 1 is 0.842 bits per heavy atom. The van der Waals surface area contributed by atoms with E-state index < -0.39 is 28.3 Å². The molecule has 1 aliphatic heterocycles. The lowest BCUT2D eigenvalue weighted by atomic mass is 9.84. The number of ketones is 3. The van der Waals surface area contributed by atoms with Crippen molar-refractivity contribution in [1.82, 2.24) is 5.48 Å². The second-order valence-corrected chi connectivity index (χ2v) is 12.0. The van der Waals surface area contributed by atoms with Crippen molar-refractivity contribution in [3.63, 3.8) is 0 Å². The van der Waals surface area contributed by atoms with Gasteiger partial charge < -0.3 is 9.47 Å². The number of hydroxylamine groups is 1. The molecule has 1 aliphatic rings. The maximum atomic E-state index is 13.6. The smallest absolute Gasteiger partial charge is 0.275 e. The molecule has 0 aliphatic carbocycles. The molecule has 8 nitrogen and oxygen atoms in total. The number of carbonyl (C=O) groups excluding carboxylic acids is 4. The van der Waals surface area contributed by atoms with Crippen molar-refractivity contribution in [2.75, 3.05) is 13.2 Å². The molecule has 1 atom stereocenters. The monoisotopic (exact) mass is 523 g/mol. The van der Waals surface area contributed by atoms with Gasteiger partial charge in [0.15, 0.2) is 23.1 Å². The van der Waals surface area contributed by atoms with Gasteiger partial charge in [-0.3, -0.25) is 24.0 Å². The van der Waals surface area contributed by atoms with Crippen LogP contribution in [-0.2, 0) is 14.3 Å². The zero-order valence-corrected chi connectivity index (χ0v) is 23.4. The minimum absolute atomic E-state index is 0.0495. The molecule has 0 radical (unpaired) electrons. The molecule has 0 bridgehead atoms. The predicted octanol–water partition coefficient (Wildman–Crippen LogP) is 5.19. The standard InChI is InChI=1S/C30H37NO7/c1-28(2,3)25(33)19-11-9-18(10-12-19)24(32)23-15-20(26(34)29(4,5)6)13-14-22(23)27(35)31-37-17-21-16-36-30(7,8)38-21/h9-15,21H,16-17H2,1-8H3,(H,31,35). The molecule has 2 aromatic rings. The fourth-order valence-electron chi connectivity index (χ4n) is 3.97. The van der Waals surface area contributed by atoms with Crippen LogP contribution in [0.3, 0.4) is 0 Å². The summed E-state index contributed by atoms with van der Waals surface area (Å²) in [6.45, 7) is 14.8. The number of amides is 1. The fraction of sp³-hybridized carbons (Fsp3) is 0.467. The number of hydrogen-bond acceptors (Lipinski definition) is 7. The van der Waals surface area contributed by atoms with E-state index in [-0.39, 0.29) is 41.0 Å². The average Bonchev–Trinajstić information content (AvgIpc) is 3.19. The summed E-state index contributed by atoms with van der Waals surface area (Å²) in [4.78, 5) is 57.5. The zero-order valence-electron chi connectivity index (χ0n) is 23.4. The lowest BCUT2D eigenvalue weighted by Gasteiger charge is -2.19. The molecule has 1 saturated heterocycles. The van der Waals surface area contributed by atoms with Crippen molar-refractivity contribution in [3.8, 4) is 0 Å². The van der Waals surface area contributed by atoms with E-state index in [1.54, 1.807) is 58.9 Å². The molecule has 0 aromatic heterocycles. The molecule has 0 saturated carbocycles. The van der Waals surface area contributed by atoms with Gasteiger partial charge in [-0.2, -0.15) is 0 Å². The maximum absolute atomic E-state index is 13.6. The number of benzene rings is 2. The van der Waals surface area contributed by atoms with Crippen molar-refractivity contribution in [2.45, 2.75) is 67.3 Å². The molecule has 2 aromatic carbocycles. The SMILES string of the molecule is CC1(C)OCC(CONC(=O)c2ccc(C(=O)C(C)(C)C)cc2C(=O)c2ccc(C(=O)C(C)(C)C)cc2)O1. The third-order valence-electron chi connectivity index (χ3n) is 6.04. The van der Waals surface area contributed by atoms with E-state index >= 15 is 0 Å². The number of ether oxygens (including phenoxy) is 2. The maximum Gasteiger partial charge on any atom is 0.275 e. The third kappa shape index (κ3) is 7.01. The van der Waals surface area contributed by atoms with Gasteiger partial charge in [0, 0.05) is 33.1 Å². The molecule has 8 heteroatoms. The Bertz CT molecular complexity index is 1230. The third-order valence-corrected chi connectivity index (χ3v) is 6.04. The van der Waals surface area contributed by atoms with Crippen molar-refractivity contribution in [3.05, 3.63) is 70.3 Å². The summed E-state index contributed by atoms with van der Waals surface area (Å²) < 4.78 is 11.1. The van der Waals surface area contributed by atoms with Crippen LogP contribution in [0.15, 0.2) is 42.5 Å². The summed E-state index contributed by atoms with van der Waals surface area (Å²) >= 11 is 0. The van der Waals surface area contributed by atoms with Gasteiger partial charge in [-0.25, -0.2) is 5.48 Å². The molecular weight excluding hydrogens is 486 g/mol. The summed E-state index contributed by atoms with van der Waals surface area (Å²) in [5.41, 5.74) is 2.31. The Balaban J connectivity index is 1.88. The van der Waals surface area contributed by atoms with Crippen LogP contribution in [0.2, 0.25) is 0 Å². The fourth-order valence-corrected chi connectivity index (χ4v) is 3.97. The molecule has 1 fully saturated rings. The van der Waals surface area contributed by atoms with Crippen LogP contribution in [0, 0.1) is 10.8 Å². The van der Waals surface area contributed by atoms with Crippen LogP contribution in [0.25, 0.3) is 0 Å². The highest BCUT2D eigenvalue weighted by Gasteiger charge is 2.33. The van der Waals surface area contributed by atoms with Crippen LogP contribution >= 0.6 is 0 Å². The van der Waals surface area contributed by atoms with E-state index in [1.165, 1.54) is 18.2 Å². The second kappa shape index (κ2) is 10.9.